The summed E-state index contributed by atoms with van der Waals surface area (Å²) in [5.41, 5.74) is 1.83. The van der Waals surface area contributed by atoms with Crippen molar-refractivity contribution in [1.29, 1.82) is 0 Å². The summed E-state index contributed by atoms with van der Waals surface area (Å²) >= 11 is 0. The van der Waals surface area contributed by atoms with Crippen LogP contribution in [0.25, 0.3) is 0 Å². The van der Waals surface area contributed by atoms with Gasteiger partial charge in [0.2, 0.25) is 0 Å². The van der Waals surface area contributed by atoms with Crippen molar-refractivity contribution in [2.24, 2.45) is 11.8 Å². The number of ether oxygens (including phenoxy) is 2. The van der Waals surface area contributed by atoms with Gasteiger partial charge < -0.3 is 9.47 Å². The fourth-order valence-corrected chi connectivity index (χ4v) is 3.76. The standard InChI is InChI=1S/C19H26O4/c1-5-19(4)15-11-9-8-10-13(15)12-14(17(20)22-6-2)16(19)18(21)23-7-3/h8-11,14,16H,5-7,12H2,1-4H3/t14-,16-,19+/m0/s1. The van der Waals surface area contributed by atoms with Crippen LogP contribution in [-0.4, -0.2) is 25.2 Å². The lowest BCUT2D eigenvalue weighted by atomic mass is 9.59. The van der Waals surface area contributed by atoms with E-state index in [1.54, 1.807) is 13.8 Å². The van der Waals surface area contributed by atoms with Crippen LogP contribution >= 0.6 is 0 Å². The van der Waals surface area contributed by atoms with Gasteiger partial charge in [0.25, 0.3) is 0 Å². The molecule has 1 aliphatic carbocycles. The van der Waals surface area contributed by atoms with E-state index in [1.165, 1.54) is 0 Å². The van der Waals surface area contributed by atoms with E-state index in [4.69, 9.17) is 9.47 Å². The van der Waals surface area contributed by atoms with Crippen LogP contribution in [0.2, 0.25) is 0 Å². The molecule has 23 heavy (non-hydrogen) atoms. The van der Waals surface area contributed by atoms with Crippen LogP contribution in [0.5, 0.6) is 0 Å². The topological polar surface area (TPSA) is 52.6 Å². The Morgan fingerprint density at radius 1 is 1.09 bits per heavy atom. The summed E-state index contributed by atoms with van der Waals surface area (Å²) in [6.07, 6.45) is 1.28. The zero-order chi connectivity index (χ0) is 17.0. The molecule has 0 heterocycles. The largest absolute Gasteiger partial charge is 0.466 e. The Bertz CT molecular complexity index is 580. The second kappa shape index (κ2) is 7.16. The Morgan fingerprint density at radius 3 is 2.30 bits per heavy atom. The molecular weight excluding hydrogens is 292 g/mol. The van der Waals surface area contributed by atoms with E-state index >= 15 is 0 Å². The molecule has 0 unspecified atom stereocenters. The Kier molecular flexibility index (Phi) is 5.45. The highest BCUT2D eigenvalue weighted by Crippen LogP contribution is 2.47. The summed E-state index contributed by atoms with van der Waals surface area (Å²) in [5.74, 6) is -1.61. The first-order valence-corrected chi connectivity index (χ1v) is 8.41. The van der Waals surface area contributed by atoms with Gasteiger partial charge >= 0.3 is 11.9 Å². The molecule has 3 atom stereocenters. The number of carbonyl (C=O) groups excluding carboxylic acids is 2. The van der Waals surface area contributed by atoms with Crippen molar-refractivity contribution in [2.75, 3.05) is 13.2 Å². The average Bonchev–Trinajstić information content (AvgIpc) is 2.55. The second-order valence-corrected chi connectivity index (χ2v) is 6.22. The predicted molar refractivity (Wildman–Crippen MR) is 88.0 cm³/mol. The smallest absolute Gasteiger partial charge is 0.310 e. The van der Waals surface area contributed by atoms with Gasteiger partial charge in [0.05, 0.1) is 25.0 Å². The summed E-state index contributed by atoms with van der Waals surface area (Å²) < 4.78 is 10.6. The molecule has 1 aromatic carbocycles. The van der Waals surface area contributed by atoms with Gasteiger partial charge in [-0.05, 0) is 37.8 Å². The van der Waals surface area contributed by atoms with Gasteiger partial charge in [-0.25, -0.2) is 0 Å². The molecule has 0 saturated carbocycles. The molecule has 0 aliphatic heterocycles. The lowest BCUT2D eigenvalue weighted by Crippen LogP contribution is -2.50. The minimum absolute atomic E-state index is 0.301. The van der Waals surface area contributed by atoms with E-state index in [9.17, 15) is 9.59 Å². The van der Waals surface area contributed by atoms with Crippen molar-refractivity contribution < 1.29 is 19.1 Å². The molecule has 0 amide bonds. The van der Waals surface area contributed by atoms with Crippen LogP contribution in [0.4, 0.5) is 0 Å². The third-order valence-electron chi connectivity index (χ3n) is 5.03. The van der Waals surface area contributed by atoms with E-state index in [1.807, 2.05) is 18.2 Å². The maximum atomic E-state index is 12.7. The molecule has 0 bridgehead atoms. The number of benzene rings is 1. The minimum Gasteiger partial charge on any atom is -0.466 e. The highest BCUT2D eigenvalue weighted by molar-refractivity contribution is 5.85. The summed E-state index contributed by atoms with van der Waals surface area (Å²) in [6.45, 7) is 8.31. The summed E-state index contributed by atoms with van der Waals surface area (Å²) in [4.78, 5) is 25.2. The second-order valence-electron chi connectivity index (χ2n) is 6.22. The normalized spacial score (nSPS) is 26.3. The molecule has 126 valence electrons. The molecule has 0 aromatic heterocycles. The molecule has 1 aliphatic rings. The fourth-order valence-electron chi connectivity index (χ4n) is 3.76. The van der Waals surface area contributed by atoms with Gasteiger partial charge in [-0.3, -0.25) is 9.59 Å². The molecule has 0 fully saturated rings. The summed E-state index contributed by atoms with van der Waals surface area (Å²) in [7, 11) is 0. The first-order chi connectivity index (χ1) is 11.0. The first kappa shape index (κ1) is 17.5. The zero-order valence-corrected chi connectivity index (χ0v) is 14.4. The Hall–Kier alpha value is -1.84. The van der Waals surface area contributed by atoms with Crippen LogP contribution in [0, 0.1) is 11.8 Å². The van der Waals surface area contributed by atoms with E-state index in [0.717, 1.165) is 17.5 Å². The number of hydrogen-bond acceptors (Lipinski definition) is 4. The zero-order valence-electron chi connectivity index (χ0n) is 14.4. The first-order valence-electron chi connectivity index (χ1n) is 8.41. The number of fused-ring (bicyclic) bond motifs is 1. The SMILES string of the molecule is CCOC(=O)[C@H]1Cc2ccccc2[C@@](C)(CC)[C@@H]1C(=O)OCC. The summed E-state index contributed by atoms with van der Waals surface area (Å²) in [6, 6.07) is 8.06. The van der Waals surface area contributed by atoms with Gasteiger partial charge in [0.1, 0.15) is 0 Å². The predicted octanol–water partition coefficient (Wildman–Crippen LogP) is 3.27. The maximum absolute atomic E-state index is 12.7. The maximum Gasteiger partial charge on any atom is 0.310 e. The lowest BCUT2D eigenvalue weighted by Gasteiger charge is -2.44. The molecule has 1 aromatic rings. The number of hydrogen-bond donors (Lipinski definition) is 0. The number of rotatable bonds is 5. The monoisotopic (exact) mass is 318 g/mol. The molecule has 2 rings (SSSR count). The number of carbonyl (C=O) groups is 2. The van der Waals surface area contributed by atoms with Gasteiger partial charge in [-0.2, -0.15) is 0 Å². The quantitative estimate of drug-likeness (QED) is 0.782. The molecule has 4 heteroatoms. The average molecular weight is 318 g/mol. The van der Waals surface area contributed by atoms with E-state index in [2.05, 4.69) is 19.9 Å². The molecule has 0 N–H and O–H groups in total. The van der Waals surface area contributed by atoms with E-state index in [0.29, 0.717) is 19.6 Å². The van der Waals surface area contributed by atoms with E-state index in [-0.39, 0.29) is 11.9 Å². The van der Waals surface area contributed by atoms with Gasteiger partial charge in [-0.15, -0.1) is 0 Å². The summed E-state index contributed by atoms with van der Waals surface area (Å²) in [5, 5.41) is 0. The third-order valence-corrected chi connectivity index (χ3v) is 5.03. The molecular formula is C19H26O4. The van der Waals surface area contributed by atoms with Crippen molar-refractivity contribution >= 4 is 11.9 Å². The molecule has 0 radical (unpaired) electrons. The van der Waals surface area contributed by atoms with Gasteiger partial charge in [-0.1, -0.05) is 38.1 Å². The van der Waals surface area contributed by atoms with Crippen molar-refractivity contribution in [3.05, 3.63) is 35.4 Å². The van der Waals surface area contributed by atoms with Crippen molar-refractivity contribution in [1.82, 2.24) is 0 Å². The Labute approximate surface area is 138 Å². The van der Waals surface area contributed by atoms with Crippen LogP contribution in [0.1, 0.15) is 45.2 Å². The van der Waals surface area contributed by atoms with Crippen molar-refractivity contribution in [3.8, 4) is 0 Å². The van der Waals surface area contributed by atoms with Crippen LogP contribution in [-0.2, 0) is 30.9 Å². The van der Waals surface area contributed by atoms with Gasteiger partial charge in [0, 0.05) is 5.41 Å². The fraction of sp³-hybridized carbons (Fsp3) is 0.579. The molecule has 0 spiro atoms. The van der Waals surface area contributed by atoms with Crippen LogP contribution in [0.3, 0.4) is 0 Å². The third kappa shape index (κ3) is 3.12. The highest BCUT2D eigenvalue weighted by Gasteiger charge is 2.52. The Morgan fingerprint density at radius 2 is 1.70 bits per heavy atom. The number of esters is 2. The van der Waals surface area contributed by atoms with E-state index < -0.39 is 17.3 Å². The van der Waals surface area contributed by atoms with Crippen molar-refractivity contribution in [2.45, 2.75) is 46.0 Å². The highest BCUT2D eigenvalue weighted by atomic mass is 16.5. The van der Waals surface area contributed by atoms with Crippen molar-refractivity contribution in [3.63, 3.8) is 0 Å². The lowest BCUT2D eigenvalue weighted by molar-refractivity contribution is -0.164. The van der Waals surface area contributed by atoms with Crippen LogP contribution < -0.4 is 0 Å². The Balaban J connectivity index is 2.54. The molecule has 0 saturated heterocycles. The van der Waals surface area contributed by atoms with Gasteiger partial charge in [0.15, 0.2) is 0 Å². The van der Waals surface area contributed by atoms with Crippen LogP contribution in [0.15, 0.2) is 24.3 Å². The minimum atomic E-state index is -0.513. The molecule has 4 nitrogen and oxygen atoms in total.